The zero-order valence-corrected chi connectivity index (χ0v) is 14.9. The molecule has 136 valence electrons. The van der Waals surface area contributed by atoms with Crippen molar-refractivity contribution < 1.29 is 17.6 Å². The Balaban J connectivity index is 1.79. The van der Waals surface area contributed by atoms with E-state index in [0.717, 1.165) is 0 Å². The van der Waals surface area contributed by atoms with Crippen molar-refractivity contribution in [2.75, 3.05) is 26.2 Å². The van der Waals surface area contributed by atoms with Crippen LogP contribution in [0.3, 0.4) is 0 Å². The molecule has 2 atom stereocenters. The molecule has 0 radical (unpaired) electrons. The lowest BCUT2D eigenvalue weighted by Crippen LogP contribution is -2.49. The van der Waals surface area contributed by atoms with Gasteiger partial charge in [0.05, 0.1) is 24.4 Å². The summed E-state index contributed by atoms with van der Waals surface area (Å²) in [4.78, 5) is 13.4. The van der Waals surface area contributed by atoms with Crippen LogP contribution in [0.15, 0.2) is 0 Å². The smallest absolute Gasteiger partial charge is 0.237 e. The normalized spacial score (nSPS) is 26.7. The fourth-order valence-electron chi connectivity index (χ4n) is 3.13. The number of alkyl halides is 1. The monoisotopic (exact) mass is 360 g/mol. The third kappa shape index (κ3) is 4.23. The van der Waals surface area contributed by atoms with Crippen LogP contribution in [0.4, 0.5) is 4.39 Å². The summed E-state index contributed by atoms with van der Waals surface area (Å²) >= 11 is 0. The highest BCUT2D eigenvalue weighted by Gasteiger charge is 2.35. The molecule has 9 heteroatoms. The Morgan fingerprint density at radius 3 is 2.54 bits per heavy atom. The molecule has 2 rings (SSSR count). The average molecular weight is 360 g/mol. The van der Waals surface area contributed by atoms with Crippen LogP contribution in [-0.4, -0.2) is 73.2 Å². The third-order valence-corrected chi connectivity index (χ3v) is 6.95. The maximum Gasteiger partial charge on any atom is 0.237 e. The molecule has 0 aliphatic carbocycles. The van der Waals surface area contributed by atoms with E-state index in [0.29, 0.717) is 25.9 Å². The summed E-state index contributed by atoms with van der Waals surface area (Å²) < 4.78 is 39.1. The summed E-state index contributed by atoms with van der Waals surface area (Å²) in [6.07, 6.45) is 0.204. The minimum absolute atomic E-state index is 0.0240. The summed E-state index contributed by atoms with van der Waals surface area (Å²) in [6, 6.07) is 1.33. The molecule has 2 fully saturated rings. The van der Waals surface area contributed by atoms with Crippen molar-refractivity contribution in [2.45, 2.75) is 56.6 Å². The van der Waals surface area contributed by atoms with Gasteiger partial charge in [-0.25, -0.2) is 17.1 Å². The number of hydrogen-bond donors (Lipinski definition) is 1. The average Bonchev–Trinajstić information content (AvgIpc) is 2.94. The van der Waals surface area contributed by atoms with Crippen LogP contribution in [0.1, 0.15) is 33.1 Å². The molecule has 0 spiro atoms. The van der Waals surface area contributed by atoms with Crippen LogP contribution in [0.25, 0.3) is 0 Å². The fourth-order valence-corrected chi connectivity index (χ4v) is 4.44. The van der Waals surface area contributed by atoms with Gasteiger partial charge >= 0.3 is 0 Å². The molecule has 0 saturated carbocycles. The van der Waals surface area contributed by atoms with E-state index in [9.17, 15) is 17.6 Å². The Kier molecular flexibility index (Phi) is 6.17. The van der Waals surface area contributed by atoms with Gasteiger partial charge in [-0.05, 0) is 26.7 Å². The van der Waals surface area contributed by atoms with Crippen molar-refractivity contribution >= 4 is 15.9 Å². The van der Waals surface area contributed by atoms with Crippen molar-refractivity contribution in [1.29, 1.82) is 5.26 Å². The molecule has 1 N–H and O–H groups in total. The molecule has 0 aromatic carbocycles. The van der Waals surface area contributed by atoms with Crippen LogP contribution in [0.2, 0.25) is 0 Å². The van der Waals surface area contributed by atoms with Crippen molar-refractivity contribution in [1.82, 2.24) is 14.5 Å². The summed E-state index contributed by atoms with van der Waals surface area (Å²) in [7, 11) is -3.23. The Hall–Kier alpha value is -1.24. The maximum absolute atomic E-state index is 13.4. The second-order valence-corrected chi connectivity index (χ2v) is 9.16. The highest BCUT2D eigenvalue weighted by Crippen LogP contribution is 2.20. The number of amides is 1. The quantitative estimate of drug-likeness (QED) is 0.758. The molecule has 2 saturated heterocycles. The molecule has 0 aromatic rings. The van der Waals surface area contributed by atoms with Gasteiger partial charge in [-0.3, -0.25) is 4.79 Å². The predicted molar refractivity (Wildman–Crippen MR) is 87.3 cm³/mol. The van der Waals surface area contributed by atoms with Gasteiger partial charge in [-0.2, -0.15) is 5.26 Å². The first-order chi connectivity index (χ1) is 11.3. The number of rotatable bonds is 5. The second kappa shape index (κ2) is 7.76. The minimum Gasteiger partial charge on any atom is -0.323 e. The van der Waals surface area contributed by atoms with Crippen molar-refractivity contribution in [3.8, 4) is 6.07 Å². The first-order valence-corrected chi connectivity index (χ1v) is 9.81. The number of sulfonamides is 1. The van der Waals surface area contributed by atoms with E-state index in [4.69, 9.17) is 5.26 Å². The van der Waals surface area contributed by atoms with Gasteiger partial charge in [0.1, 0.15) is 12.2 Å². The third-order valence-electron chi connectivity index (χ3n) is 4.67. The van der Waals surface area contributed by atoms with Crippen LogP contribution in [-0.2, 0) is 14.8 Å². The standard InChI is InChI=1S/C15H25FN4O3S/c1-11(2)24(22,23)19-5-3-13(4-6-19)18-9-15(21)20-10-12(16)7-14(20)8-17/h11-14,18H,3-7,9-10H2,1-2H3/t12-,14-/m0/s1. The van der Waals surface area contributed by atoms with Gasteiger partial charge in [-0.15, -0.1) is 0 Å². The van der Waals surface area contributed by atoms with Crippen LogP contribution in [0.5, 0.6) is 0 Å². The molecule has 24 heavy (non-hydrogen) atoms. The molecule has 0 bridgehead atoms. The Morgan fingerprint density at radius 2 is 2.00 bits per heavy atom. The van der Waals surface area contributed by atoms with Crippen LogP contribution < -0.4 is 5.32 Å². The van der Waals surface area contributed by atoms with Crippen molar-refractivity contribution in [3.05, 3.63) is 0 Å². The first-order valence-electron chi connectivity index (χ1n) is 8.31. The number of carbonyl (C=O) groups excluding carboxylic acids is 1. The van der Waals surface area contributed by atoms with Crippen molar-refractivity contribution in [3.63, 3.8) is 0 Å². The summed E-state index contributed by atoms with van der Waals surface area (Å²) in [6.45, 7) is 4.22. The zero-order chi connectivity index (χ0) is 17.9. The van der Waals surface area contributed by atoms with E-state index < -0.39 is 27.5 Å². The number of nitrogens with zero attached hydrogens (tertiary/aromatic N) is 3. The highest BCUT2D eigenvalue weighted by atomic mass is 32.2. The van der Waals surface area contributed by atoms with Crippen LogP contribution in [0, 0.1) is 11.3 Å². The lowest BCUT2D eigenvalue weighted by molar-refractivity contribution is -0.130. The number of halogens is 1. The van der Waals surface area contributed by atoms with Gasteiger partial charge in [0.2, 0.25) is 15.9 Å². The van der Waals surface area contributed by atoms with Gasteiger partial charge in [-0.1, -0.05) is 0 Å². The van der Waals surface area contributed by atoms with E-state index in [1.807, 2.05) is 6.07 Å². The summed E-state index contributed by atoms with van der Waals surface area (Å²) in [5.41, 5.74) is 0. The van der Waals surface area contributed by atoms with Gasteiger partial charge < -0.3 is 10.2 Å². The first kappa shape index (κ1) is 19.1. The Labute approximate surface area is 142 Å². The maximum atomic E-state index is 13.4. The minimum atomic E-state index is -3.23. The zero-order valence-electron chi connectivity index (χ0n) is 14.1. The van der Waals surface area contributed by atoms with Gasteiger partial charge in [0.15, 0.2) is 0 Å². The molecule has 2 aliphatic heterocycles. The van der Waals surface area contributed by atoms with E-state index >= 15 is 0 Å². The molecule has 2 heterocycles. The van der Waals surface area contributed by atoms with Crippen molar-refractivity contribution in [2.24, 2.45) is 0 Å². The number of carbonyl (C=O) groups is 1. The number of likely N-dealkylation sites (tertiary alicyclic amines) is 1. The highest BCUT2D eigenvalue weighted by molar-refractivity contribution is 7.89. The SMILES string of the molecule is CC(C)S(=O)(=O)N1CCC(NCC(=O)N2C[C@@H](F)C[C@H]2C#N)CC1. The number of piperidine rings is 1. The lowest BCUT2D eigenvalue weighted by atomic mass is 10.1. The predicted octanol–water partition coefficient (Wildman–Crippen LogP) is 0.241. The molecule has 1 amide bonds. The van der Waals surface area contributed by atoms with E-state index in [-0.39, 0.29) is 31.5 Å². The number of nitrogens with one attached hydrogen (secondary N) is 1. The molecule has 0 unspecified atom stereocenters. The number of hydrogen-bond acceptors (Lipinski definition) is 5. The Morgan fingerprint density at radius 1 is 1.38 bits per heavy atom. The Bertz CT molecular complexity index is 596. The van der Waals surface area contributed by atoms with Gasteiger partial charge in [0.25, 0.3) is 0 Å². The topological polar surface area (TPSA) is 93.5 Å². The summed E-state index contributed by atoms with van der Waals surface area (Å²) in [5.74, 6) is -0.279. The lowest BCUT2D eigenvalue weighted by Gasteiger charge is -2.33. The molecule has 2 aliphatic rings. The van der Waals surface area contributed by atoms with E-state index in [2.05, 4.69) is 5.32 Å². The second-order valence-electron chi connectivity index (χ2n) is 6.67. The largest absolute Gasteiger partial charge is 0.323 e. The molecule has 7 nitrogen and oxygen atoms in total. The van der Waals surface area contributed by atoms with Crippen LogP contribution >= 0.6 is 0 Å². The molecular formula is C15H25FN4O3S. The number of nitriles is 1. The molecule has 0 aromatic heterocycles. The molecular weight excluding hydrogens is 335 g/mol. The van der Waals surface area contributed by atoms with E-state index in [1.54, 1.807) is 13.8 Å². The fraction of sp³-hybridized carbons (Fsp3) is 0.867. The van der Waals surface area contributed by atoms with Gasteiger partial charge in [0, 0.05) is 25.6 Å². The van der Waals surface area contributed by atoms with E-state index in [1.165, 1.54) is 9.21 Å². The summed E-state index contributed by atoms with van der Waals surface area (Å²) in [5, 5.41) is 11.7.